The maximum Gasteiger partial charge on any atom is 0.328 e. The van der Waals surface area contributed by atoms with Gasteiger partial charge in [-0.2, -0.15) is 0 Å². The van der Waals surface area contributed by atoms with Gasteiger partial charge >= 0.3 is 11.7 Å². The first-order valence-electron chi connectivity index (χ1n) is 8.38. The predicted molar refractivity (Wildman–Crippen MR) is 93.0 cm³/mol. The van der Waals surface area contributed by atoms with E-state index in [0.717, 1.165) is 10.1 Å². The SMILES string of the molecule is Cn1cc(C(=O)N2C[C@H]3c4ccccc4OC[C@@]3(C(=O)O)C2)c(=O)[nH]c1=O. The third-order valence-corrected chi connectivity index (χ3v) is 5.37. The summed E-state index contributed by atoms with van der Waals surface area (Å²) in [6.45, 7) is 0.00760. The van der Waals surface area contributed by atoms with Gasteiger partial charge in [0, 0.05) is 37.8 Å². The molecule has 2 aliphatic rings. The zero-order valence-electron chi connectivity index (χ0n) is 14.5. The number of nitrogens with zero attached hydrogens (tertiary/aromatic N) is 2. The van der Waals surface area contributed by atoms with Gasteiger partial charge in [0.2, 0.25) is 0 Å². The summed E-state index contributed by atoms with van der Waals surface area (Å²) in [6, 6.07) is 7.16. The Bertz CT molecular complexity index is 1070. The molecule has 1 aromatic heterocycles. The van der Waals surface area contributed by atoms with Crippen molar-refractivity contribution in [3.8, 4) is 5.75 Å². The average Bonchev–Trinajstić information content (AvgIpc) is 3.06. The lowest BCUT2D eigenvalue weighted by atomic mass is 9.73. The van der Waals surface area contributed by atoms with Crippen LogP contribution in [-0.4, -0.2) is 51.1 Å². The van der Waals surface area contributed by atoms with E-state index >= 15 is 0 Å². The minimum Gasteiger partial charge on any atom is -0.492 e. The number of hydrogen-bond acceptors (Lipinski definition) is 5. The molecule has 9 heteroatoms. The van der Waals surface area contributed by atoms with Crippen LogP contribution in [0.5, 0.6) is 5.75 Å². The van der Waals surface area contributed by atoms with Crippen LogP contribution in [0.3, 0.4) is 0 Å². The largest absolute Gasteiger partial charge is 0.492 e. The second-order valence-electron chi connectivity index (χ2n) is 6.94. The van der Waals surface area contributed by atoms with Crippen LogP contribution in [0.25, 0.3) is 0 Å². The number of hydrogen-bond donors (Lipinski definition) is 2. The van der Waals surface area contributed by atoms with E-state index in [1.807, 2.05) is 0 Å². The first-order valence-corrected chi connectivity index (χ1v) is 8.38. The summed E-state index contributed by atoms with van der Waals surface area (Å²) < 4.78 is 6.76. The molecule has 140 valence electrons. The molecule has 0 radical (unpaired) electrons. The molecule has 2 aliphatic heterocycles. The third-order valence-electron chi connectivity index (χ3n) is 5.37. The molecule has 3 heterocycles. The Labute approximate surface area is 152 Å². The van der Waals surface area contributed by atoms with E-state index in [2.05, 4.69) is 4.98 Å². The molecule has 0 aliphatic carbocycles. The normalized spacial score (nSPS) is 23.3. The molecule has 4 rings (SSSR count). The second-order valence-corrected chi connectivity index (χ2v) is 6.94. The molecule has 9 nitrogen and oxygen atoms in total. The van der Waals surface area contributed by atoms with E-state index in [1.54, 1.807) is 24.3 Å². The Morgan fingerprint density at radius 3 is 2.78 bits per heavy atom. The number of carbonyl (C=O) groups excluding carboxylic acids is 1. The number of aryl methyl sites for hydroxylation is 1. The highest BCUT2D eigenvalue weighted by Gasteiger charge is 2.57. The van der Waals surface area contributed by atoms with Gasteiger partial charge in [-0.25, -0.2) is 4.79 Å². The third kappa shape index (κ3) is 2.46. The van der Waals surface area contributed by atoms with E-state index < -0.39 is 34.5 Å². The number of benzene rings is 1. The van der Waals surface area contributed by atoms with Crippen LogP contribution in [0, 0.1) is 5.41 Å². The Morgan fingerprint density at radius 1 is 1.30 bits per heavy atom. The van der Waals surface area contributed by atoms with Crippen molar-refractivity contribution >= 4 is 11.9 Å². The van der Waals surface area contributed by atoms with E-state index in [4.69, 9.17) is 4.74 Å². The predicted octanol–water partition coefficient (Wildman–Crippen LogP) is -0.223. The lowest BCUT2D eigenvalue weighted by molar-refractivity contribution is -0.151. The molecule has 2 atom stereocenters. The van der Waals surface area contributed by atoms with Gasteiger partial charge < -0.3 is 19.3 Å². The number of amides is 1. The molecule has 1 amide bonds. The number of nitrogens with one attached hydrogen (secondary N) is 1. The summed E-state index contributed by atoms with van der Waals surface area (Å²) in [5.74, 6) is -1.50. The molecule has 1 fully saturated rings. The smallest absolute Gasteiger partial charge is 0.328 e. The van der Waals surface area contributed by atoms with Gasteiger partial charge in [-0.15, -0.1) is 0 Å². The number of H-pyrrole nitrogens is 1. The van der Waals surface area contributed by atoms with E-state index in [-0.39, 0.29) is 25.3 Å². The highest BCUT2D eigenvalue weighted by atomic mass is 16.5. The van der Waals surface area contributed by atoms with Crippen LogP contribution in [0.2, 0.25) is 0 Å². The molecule has 2 N–H and O–H groups in total. The number of aliphatic carboxylic acids is 1. The van der Waals surface area contributed by atoms with Gasteiger partial charge in [0.05, 0.1) is 0 Å². The lowest BCUT2D eigenvalue weighted by Gasteiger charge is -2.35. The number of para-hydroxylation sites is 1. The van der Waals surface area contributed by atoms with Crippen molar-refractivity contribution in [1.29, 1.82) is 0 Å². The second kappa shape index (κ2) is 5.83. The molecular formula is C18H17N3O6. The number of carboxylic acid groups (broad SMARTS) is 1. The number of likely N-dealkylation sites (tertiary alicyclic amines) is 1. The Morgan fingerprint density at radius 2 is 2.04 bits per heavy atom. The van der Waals surface area contributed by atoms with Gasteiger partial charge in [-0.3, -0.25) is 19.4 Å². The van der Waals surface area contributed by atoms with Crippen molar-refractivity contribution in [3.05, 3.63) is 62.4 Å². The summed E-state index contributed by atoms with van der Waals surface area (Å²) in [5.41, 5.74) is -2.17. The number of carboxylic acids is 1. The quantitative estimate of drug-likeness (QED) is 0.752. The van der Waals surface area contributed by atoms with Crippen molar-refractivity contribution in [2.24, 2.45) is 12.5 Å². The van der Waals surface area contributed by atoms with Gasteiger partial charge in [-0.05, 0) is 6.07 Å². The zero-order chi connectivity index (χ0) is 19.3. The van der Waals surface area contributed by atoms with Gasteiger partial charge in [0.25, 0.3) is 11.5 Å². The standard InChI is InChI=1S/C18H17N3O6/c1-20-6-11(14(22)19-17(20)26)15(23)21-7-12-10-4-2-3-5-13(10)27-9-18(12,8-21)16(24)25/h2-6,12H,7-9H2,1H3,(H,24,25)(H,19,22,26)/t12-,18-/m0/s1. The van der Waals surface area contributed by atoms with Crippen LogP contribution in [-0.2, 0) is 11.8 Å². The zero-order valence-corrected chi connectivity index (χ0v) is 14.5. The molecule has 0 unspecified atom stereocenters. The number of fused-ring (bicyclic) bond motifs is 3. The molecule has 1 saturated heterocycles. The highest BCUT2D eigenvalue weighted by molar-refractivity contribution is 5.95. The maximum absolute atomic E-state index is 12.9. The molecule has 0 spiro atoms. The molecular weight excluding hydrogens is 354 g/mol. The Hall–Kier alpha value is -3.36. The first kappa shape index (κ1) is 17.1. The van der Waals surface area contributed by atoms with Crippen LogP contribution in [0.4, 0.5) is 0 Å². The lowest BCUT2D eigenvalue weighted by Crippen LogP contribution is -2.46. The fourth-order valence-corrected chi connectivity index (χ4v) is 3.88. The molecule has 0 saturated carbocycles. The topological polar surface area (TPSA) is 122 Å². The fourth-order valence-electron chi connectivity index (χ4n) is 3.88. The minimum absolute atomic E-state index is 0.0581. The van der Waals surface area contributed by atoms with Crippen LogP contribution in [0.1, 0.15) is 21.8 Å². The van der Waals surface area contributed by atoms with Gasteiger partial charge in [-0.1, -0.05) is 18.2 Å². The highest BCUT2D eigenvalue weighted by Crippen LogP contribution is 2.49. The van der Waals surface area contributed by atoms with Crippen molar-refractivity contribution in [2.75, 3.05) is 19.7 Å². The number of carbonyl (C=O) groups is 2. The monoisotopic (exact) mass is 371 g/mol. The average molecular weight is 371 g/mol. The van der Waals surface area contributed by atoms with Gasteiger partial charge in [0.15, 0.2) is 0 Å². The minimum atomic E-state index is -1.28. The number of ether oxygens (including phenoxy) is 1. The van der Waals surface area contributed by atoms with E-state index in [9.17, 15) is 24.3 Å². The van der Waals surface area contributed by atoms with Crippen LogP contribution in [0.15, 0.2) is 40.1 Å². The van der Waals surface area contributed by atoms with Crippen molar-refractivity contribution in [2.45, 2.75) is 5.92 Å². The fraction of sp³-hybridized carbons (Fsp3) is 0.333. The molecule has 2 aromatic rings. The van der Waals surface area contributed by atoms with E-state index in [0.29, 0.717) is 5.75 Å². The summed E-state index contributed by atoms with van der Waals surface area (Å²) in [4.78, 5) is 52.0. The number of aromatic nitrogens is 2. The van der Waals surface area contributed by atoms with Gasteiger partial charge in [0.1, 0.15) is 23.3 Å². The number of aromatic amines is 1. The summed E-state index contributed by atoms with van der Waals surface area (Å²) in [5, 5.41) is 9.90. The van der Waals surface area contributed by atoms with Crippen LogP contribution >= 0.6 is 0 Å². The first-order chi connectivity index (χ1) is 12.8. The summed E-state index contributed by atoms with van der Waals surface area (Å²) in [6.07, 6.45) is 1.17. The molecule has 1 aromatic carbocycles. The van der Waals surface area contributed by atoms with Crippen molar-refractivity contribution < 1.29 is 19.4 Å². The van der Waals surface area contributed by atoms with Crippen molar-refractivity contribution in [1.82, 2.24) is 14.5 Å². The molecule has 0 bridgehead atoms. The van der Waals surface area contributed by atoms with Crippen molar-refractivity contribution in [3.63, 3.8) is 0 Å². The Balaban J connectivity index is 1.75. The Kier molecular flexibility index (Phi) is 3.69. The molecule has 27 heavy (non-hydrogen) atoms. The van der Waals surface area contributed by atoms with Crippen LogP contribution < -0.4 is 16.0 Å². The number of rotatable bonds is 2. The summed E-state index contributed by atoms with van der Waals surface area (Å²) in [7, 11) is 1.42. The van der Waals surface area contributed by atoms with E-state index in [1.165, 1.54) is 18.1 Å². The summed E-state index contributed by atoms with van der Waals surface area (Å²) >= 11 is 0. The maximum atomic E-state index is 12.9.